The fourth-order valence-electron chi connectivity index (χ4n) is 1.42. The molecule has 0 unspecified atom stereocenters. The lowest BCUT2D eigenvalue weighted by atomic mass is 10.0. The van der Waals surface area contributed by atoms with Gasteiger partial charge < -0.3 is 11.5 Å². The maximum atomic E-state index is 10.5. The number of hydrogen-bond acceptors (Lipinski definition) is 2. The number of anilines is 1. The highest BCUT2D eigenvalue weighted by molar-refractivity contribution is 5.76. The number of aryl methyl sites for hydroxylation is 2. The molecule has 80 valence electrons. The monoisotopic (exact) mass is 204 g/mol. The van der Waals surface area contributed by atoms with Gasteiger partial charge in [0, 0.05) is 12.1 Å². The molecule has 0 aliphatic heterocycles. The zero-order valence-corrected chi connectivity index (χ0v) is 9.08. The summed E-state index contributed by atoms with van der Waals surface area (Å²) in [4.78, 5) is 10.5. The molecule has 4 N–H and O–H groups in total. The van der Waals surface area contributed by atoms with Gasteiger partial charge in [-0.1, -0.05) is 12.2 Å². The summed E-state index contributed by atoms with van der Waals surface area (Å²) in [5.41, 5.74) is 14.8. The van der Waals surface area contributed by atoms with Gasteiger partial charge in [0.05, 0.1) is 0 Å². The molecule has 0 aliphatic rings. The summed E-state index contributed by atoms with van der Waals surface area (Å²) in [6.07, 6.45) is 3.90. The number of nitrogen functional groups attached to an aromatic ring is 1. The van der Waals surface area contributed by atoms with E-state index in [4.69, 9.17) is 11.5 Å². The summed E-state index contributed by atoms with van der Waals surface area (Å²) in [7, 11) is 0. The van der Waals surface area contributed by atoms with Crippen molar-refractivity contribution >= 4 is 17.7 Å². The summed E-state index contributed by atoms with van der Waals surface area (Å²) in [6.45, 7) is 3.93. The van der Waals surface area contributed by atoms with Gasteiger partial charge >= 0.3 is 0 Å². The van der Waals surface area contributed by atoms with Crippen molar-refractivity contribution in [2.45, 2.75) is 20.3 Å². The van der Waals surface area contributed by atoms with Crippen molar-refractivity contribution in [3.63, 3.8) is 0 Å². The van der Waals surface area contributed by atoms with Crippen LogP contribution in [-0.2, 0) is 4.79 Å². The van der Waals surface area contributed by atoms with E-state index < -0.39 is 0 Å². The molecule has 0 fully saturated rings. The Hall–Kier alpha value is -1.77. The summed E-state index contributed by atoms with van der Waals surface area (Å²) < 4.78 is 0. The minimum absolute atomic E-state index is 0.266. The third kappa shape index (κ3) is 3.13. The van der Waals surface area contributed by atoms with Gasteiger partial charge in [-0.3, -0.25) is 4.79 Å². The van der Waals surface area contributed by atoms with Crippen molar-refractivity contribution in [1.29, 1.82) is 0 Å². The van der Waals surface area contributed by atoms with Crippen LogP contribution < -0.4 is 11.5 Å². The quantitative estimate of drug-likeness (QED) is 0.737. The van der Waals surface area contributed by atoms with Crippen LogP contribution in [0.25, 0.3) is 6.08 Å². The lowest BCUT2D eigenvalue weighted by Gasteiger charge is -2.05. The van der Waals surface area contributed by atoms with Crippen LogP contribution in [0.3, 0.4) is 0 Å². The Morgan fingerprint density at radius 2 is 1.87 bits per heavy atom. The number of rotatable bonds is 3. The lowest BCUT2D eigenvalue weighted by molar-refractivity contribution is -0.117. The molecule has 1 aromatic carbocycles. The maximum Gasteiger partial charge on any atom is 0.221 e. The molecule has 3 heteroatoms. The molecule has 0 radical (unpaired) electrons. The van der Waals surface area contributed by atoms with E-state index in [2.05, 4.69) is 0 Å². The average molecular weight is 204 g/mol. The molecule has 15 heavy (non-hydrogen) atoms. The number of benzene rings is 1. The number of primary amides is 1. The van der Waals surface area contributed by atoms with Gasteiger partial charge in [0.2, 0.25) is 5.91 Å². The smallest absolute Gasteiger partial charge is 0.221 e. The Morgan fingerprint density at radius 3 is 2.33 bits per heavy atom. The number of carbonyl (C=O) groups is 1. The third-order valence-electron chi connectivity index (χ3n) is 2.25. The second-order valence-electron chi connectivity index (χ2n) is 3.64. The maximum absolute atomic E-state index is 10.5. The Labute approximate surface area is 89.8 Å². The van der Waals surface area contributed by atoms with E-state index in [1.165, 1.54) is 0 Å². The van der Waals surface area contributed by atoms with Crippen molar-refractivity contribution in [3.8, 4) is 0 Å². The summed E-state index contributed by atoms with van der Waals surface area (Å²) in [6, 6.07) is 3.97. The summed E-state index contributed by atoms with van der Waals surface area (Å²) in [5, 5.41) is 0. The van der Waals surface area contributed by atoms with Crippen LogP contribution in [0.4, 0.5) is 5.69 Å². The third-order valence-corrected chi connectivity index (χ3v) is 2.25. The molecule has 0 heterocycles. The van der Waals surface area contributed by atoms with Crippen molar-refractivity contribution in [2.24, 2.45) is 5.73 Å². The zero-order chi connectivity index (χ0) is 11.4. The first-order chi connectivity index (χ1) is 7.00. The molecule has 3 nitrogen and oxygen atoms in total. The normalized spacial score (nSPS) is 10.8. The Morgan fingerprint density at radius 1 is 1.33 bits per heavy atom. The molecule has 0 spiro atoms. The molecule has 0 saturated heterocycles. The van der Waals surface area contributed by atoms with Crippen LogP contribution in [0.5, 0.6) is 0 Å². The highest BCUT2D eigenvalue weighted by atomic mass is 16.1. The van der Waals surface area contributed by atoms with E-state index in [1.54, 1.807) is 6.08 Å². The second kappa shape index (κ2) is 4.64. The molecule has 0 aromatic heterocycles. The topological polar surface area (TPSA) is 69.1 Å². The zero-order valence-electron chi connectivity index (χ0n) is 9.08. The van der Waals surface area contributed by atoms with Crippen LogP contribution in [0.1, 0.15) is 23.1 Å². The summed E-state index contributed by atoms with van der Waals surface area (Å²) >= 11 is 0. The number of hydrogen-bond donors (Lipinski definition) is 2. The highest BCUT2D eigenvalue weighted by Gasteiger charge is 1.99. The van der Waals surface area contributed by atoms with E-state index in [0.717, 1.165) is 22.4 Å². The van der Waals surface area contributed by atoms with Crippen LogP contribution >= 0.6 is 0 Å². The second-order valence-corrected chi connectivity index (χ2v) is 3.64. The van der Waals surface area contributed by atoms with E-state index in [1.807, 2.05) is 32.1 Å². The minimum atomic E-state index is -0.324. The van der Waals surface area contributed by atoms with Crippen LogP contribution in [0.2, 0.25) is 0 Å². The largest absolute Gasteiger partial charge is 0.398 e. The fraction of sp³-hybridized carbons (Fsp3) is 0.250. The van der Waals surface area contributed by atoms with Gasteiger partial charge in [0.25, 0.3) is 0 Å². The fourth-order valence-corrected chi connectivity index (χ4v) is 1.42. The van der Waals surface area contributed by atoms with Crippen molar-refractivity contribution in [2.75, 3.05) is 5.73 Å². The van der Waals surface area contributed by atoms with Gasteiger partial charge in [-0.2, -0.15) is 0 Å². The lowest BCUT2D eigenvalue weighted by Crippen LogP contribution is -2.07. The molecule has 0 aliphatic carbocycles. The minimum Gasteiger partial charge on any atom is -0.398 e. The molecule has 0 saturated carbocycles. The predicted molar refractivity (Wildman–Crippen MR) is 63.2 cm³/mol. The van der Waals surface area contributed by atoms with Gasteiger partial charge in [0.15, 0.2) is 0 Å². The van der Waals surface area contributed by atoms with E-state index in [0.29, 0.717) is 0 Å². The first kappa shape index (κ1) is 11.3. The van der Waals surface area contributed by atoms with E-state index in [-0.39, 0.29) is 12.3 Å². The van der Waals surface area contributed by atoms with Crippen LogP contribution in [0, 0.1) is 13.8 Å². The SMILES string of the molecule is Cc1cc(C=CCC(N)=O)cc(C)c1N. The van der Waals surface area contributed by atoms with E-state index >= 15 is 0 Å². The molecule has 1 rings (SSSR count). The van der Waals surface area contributed by atoms with E-state index in [9.17, 15) is 4.79 Å². The van der Waals surface area contributed by atoms with Crippen molar-refractivity contribution in [1.82, 2.24) is 0 Å². The number of carbonyl (C=O) groups excluding carboxylic acids is 1. The molecular weight excluding hydrogens is 188 g/mol. The van der Waals surface area contributed by atoms with Crippen LogP contribution in [-0.4, -0.2) is 5.91 Å². The molecular formula is C12H16N2O. The van der Waals surface area contributed by atoms with Crippen molar-refractivity contribution in [3.05, 3.63) is 34.9 Å². The number of amides is 1. The van der Waals surface area contributed by atoms with Crippen molar-refractivity contribution < 1.29 is 4.79 Å². The Bertz CT molecular complexity index is 385. The molecule has 0 atom stereocenters. The average Bonchev–Trinajstić information content (AvgIpc) is 2.13. The standard InChI is InChI=1S/C12H16N2O/c1-8-6-10(4-3-5-11(13)15)7-9(2)12(8)14/h3-4,6-7H,5,14H2,1-2H3,(H2,13,15). The van der Waals surface area contributed by atoms with Crippen LogP contribution in [0.15, 0.2) is 18.2 Å². The highest BCUT2D eigenvalue weighted by Crippen LogP contribution is 2.19. The summed E-state index contributed by atoms with van der Waals surface area (Å²) in [5.74, 6) is -0.324. The molecule has 1 aromatic rings. The number of nitrogens with two attached hydrogens (primary N) is 2. The Kier molecular flexibility index (Phi) is 3.50. The first-order valence-electron chi connectivity index (χ1n) is 4.82. The Balaban J connectivity index is 2.87. The molecule has 0 bridgehead atoms. The molecule has 1 amide bonds. The van der Waals surface area contributed by atoms with Gasteiger partial charge in [0.1, 0.15) is 0 Å². The predicted octanol–water partition coefficient (Wildman–Crippen LogP) is 1.77. The van der Waals surface area contributed by atoms with Gasteiger partial charge in [-0.05, 0) is 42.7 Å². The van der Waals surface area contributed by atoms with Gasteiger partial charge in [-0.15, -0.1) is 0 Å². The first-order valence-corrected chi connectivity index (χ1v) is 4.82. The van der Waals surface area contributed by atoms with Gasteiger partial charge in [-0.25, -0.2) is 0 Å².